The van der Waals surface area contributed by atoms with Crippen molar-refractivity contribution in [3.63, 3.8) is 0 Å². The standard InChI is InChI=1S/C24H33FN2O7S/c1-24(2,3)34-23(30)27-13-14(9-7-12-17(31-4)32-5)19(28)18(22(27)29)21(35)26-16-11-8-10-15(25)20(16)33-6/h8,10-11,14,17-18H,7,9,12-13H2,1-6H3,(H,26,35). The number of rotatable bonds is 9. The van der Waals surface area contributed by atoms with Crippen molar-refractivity contribution in [3.8, 4) is 5.75 Å². The lowest BCUT2D eigenvalue weighted by molar-refractivity contribution is -0.145. The van der Waals surface area contributed by atoms with E-state index in [-0.39, 0.29) is 23.0 Å². The van der Waals surface area contributed by atoms with Crippen molar-refractivity contribution in [1.29, 1.82) is 0 Å². The Hall–Kier alpha value is -2.63. The van der Waals surface area contributed by atoms with E-state index in [1.54, 1.807) is 20.8 Å². The highest BCUT2D eigenvalue weighted by Crippen LogP contribution is 2.31. The third-order valence-corrected chi connectivity index (χ3v) is 5.76. The summed E-state index contributed by atoms with van der Waals surface area (Å²) < 4.78 is 34.9. The molecule has 1 fully saturated rings. The fraction of sp³-hybridized carbons (Fsp3) is 0.583. The summed E-state index contributed by atoms with van der Waals surface area (Å²) in [5.74, 6) is -4.08. The molecule has 1 saturated heterocycles. The number of benzene rings is 1. The zero-order valence-corrected chi connectivity index (χ0v) is 21.7. The molecule has 0 aromatic heterocycles. The number of methoxy groups -OCH3 is 3. The first kappa shape index (κ1) is 28.6. The fourth-order valence-corrected chi connectivity index (χ4v) is 4.08. The molecule has 1 aliphatic heterocycles. The molecule has 0 aliphatic carbocycles. The Labute approximate surface area is 210 Å². The van der Waals surface area contributed by atoms with Crippen LogP contribution in [0.2, 0.25) is 0 Å². The van der Waals surface area contributed by atoms with Crippen LogP contribution >= 0.6 is 12.2 Å². The highest BCUT2D eigenvalue weighted by Gasteiger charge is 2.47. The van der Waals surface area contributed by atoms with Crippen LogP contribution in [0.25, 0.3) is 0 Å². The Bertz CT molecular complexity index is 946. The average molecular weight is 513 g/mol. The number of anilines is 1. The molecule has 0 saturated carbocycles. The first-order chi connectivity index (χ1) is 16.4. The van der Waals surface area contributed by atoms with E-state index in [1.807, 2.05) is 0 Å². The van der Waals surface area contributed by atoms with Crippen LogP contribution < -0.4 is 10.1 Å². The number of ketones is 1. The predicted octanol–water partition coefficient (Wildman–Crippen LogP) is 3.94. The van der Waals surface area contributed by atoms with Crippen molar-refractivity contribution in [2.75, 3.05) is 33.2 Å². The van der Waals surface area contributed by atoms with Crippen LogP contribution in [0.1, 0.15) is 40.0 Å². The maximum absolute atomic E-state index is 14.1. The number of para-hydroxylation sites is 1. The van der Waals surface area contributed by atoms with Crippen LogP contribution in [0.15, 0.2) is 18.2 Å². The molecule has 35 heavy (non-hydrogen) atoms. The maximum atomic E-state index is 14.1. The third kappa shape index (κ3) is 7.42. The number of hydrogen-bond acceptors (Lipinski definition) is 8. The van der Waals surface area contributed by atoms with Gasteiger partial charge < -0.3 is 24.3 Å². The first-order valence-corrected chi connectivity index (χ1v) is 11.6. The van der Waals surface area contributed by atoms with E-state index in [2.05, 4.69) is 5.32 Å². The Morgan fingerprint density at radius 3 is 2.46 bits per heavy atom. The molecule has 2 amide bonds. The van der Waals surface area contributed by atoms with E-state index in [4.69, 9.17) is 31.2 Å². The van der Waals surface area contributed by atoms with E-state index in [9.17, 15) is 18.8 Å². The Balaban J connectivity index is 2.31. The number of amides is 2. The first-order valence-electron chi connectivity index (χ1n) is 11.2. The number of carbonyl (C=O) groups is 3. The molecular weight excluding hydrogens is 479 g/mol. The van der Waals surface area contributed by atoms with E-state index >= 15 is 0 Å². The molecule has 1 aromatic rings. The summed E-state index contributed by atoms with van der Waals surface area (Å²) >= 11 is 5.41. The quantitative estimate of drug-likeness (QED) is 0.299. The number of nitrogens with zero attached hydrogens (tertiary/aromatic N) is 1. The van der Waals surface area contributed by atoms with Crippen molar-refractivity contribution in [3.05, 3.63) is 24.0 Å². The summed E-state index contributed by atoms with van der Waals surface area (Å²) in [4.78, 5) is 40.2. The van der Waals surface area contributed by atoms with Crippen LogP contribution in [-0.2, 0) is 23.8 Å². The topological polar surface area (TPSA) is 103 Å². The molecular formula is C24H33FN2O7S. The average Bonchev–Trinajstić information content (AvgIpc) is 2.77. The maximum Gasteiger partial charge on any atom is 0.417 e. The van der Waals surface area contributed by atoms with Gasteiger partial charge in [-0.1, -0.05) is 18.3 Å². The lowest BCUT2D eigenvalue weighted by Crippen LogP contribution is -2.57. The molecule has 1 aromatic carbocycles. The Kier molecular flexibility index (Phi) is 10.1. The lowest BCUT2D eigenvalue weighted by Gasteiger charge is -2.36. The van der Waals surface area contributed by atoms with Crippen molar-refractivity contribution in [2.24, 2.45) is 11.8 Å². The molecule has 2 unspecified atom stereocenters. The zero-order chi connectivity index (χ0) is 26.3. The van der Waals surface area contributed by atoms with Crippen LogP contribution in [0.4, 0.5) is 14.9 Å². The van der Waals surface area contributed by atoms with E-state index in [0.29, 0.717) is 19.3 Å². The second-order valence-corrected chi connectivity index (χ2v) is 9.54. The summed E-state index contributed by atoms with van der Waals surface area (Å²) in [6, 6.07) is 4.15. The second kappa shape index (κ2) is 12.4. The van der Waals surface area contributed by atoms with E-state index in [1.165, 1.54) is 39.5 Å². The van der Waals surface area contributed by atoms with Crippen molar-refractivity contribution < 1.29 is 37.7 Å². The minimum Gasteiger partial charge on any atom is -0.492 e. The van der Waals surface area contributed by atoms with Gasteiger partial charge in [0.2, 0.25) is 5.91 Å². The summed E-state index contributed by atoms with van der Waals surface area (Å²) in [5.41, 5.74) is -0.686. The molecule has 1 heterocycles. The molecule has 2 rings (SSSR count). The van der Waals surface area contributed by atoms with Gasteiger partial charge in [0.1, 0.15) is 16.5 Å². The minimum atomic E-state index is -1.44. The molecule has 1 aliphatic rings. The van der Waals surface area contributed by atoms with Gasteiger partial charge >= 0.3 is 6.09 Å². The molecule has 9 nitrogen and oxygen atoms in total. The van der Waals surface area contributed by atoms with Gasteiger partial charge in [0.05, 0.1) is 12.8 Å². The lowest BCUT2D eigenvalue weighted by atomic mass is 9.83. The number of thiocarbonyl (C=S) groups is 1. The predicted molar refractivity (Wildman–Crippen MR) is 131 cm³/mol. The van der Waals surface area contributed by atoms with Crippen molar-refractivity contribution in [1.82, 2.24) is 4.90 Å². The molecule has 0 bridgehead atoms. The van der Waals surface area contributed by atoms with Gasteiger partial charge in [0, 0.05) is 26.7 Å². The van der Waals surface area contributed by atoms with Crippen LogP contribution in [-0.4, -0.2) is 67.4 Å². The molecule has 0 spiro atoms. The summed E-state index contributed by atoms with van der Waals surface area (Å²) in [6.45, 7) is 4.91. The van der Waals surface area contributed by atoms with Gasteiger partial charge in [-0.05, 0) is 52.2 Å². The van der Waals surface area contributed by atoms with Gasteiger partial charge in [-0.2, -0.15) is 0 Å². The van der Waals surface area contributed by atoms with Gasteiger partial charge in [-0.15, -0.1) is 0 Å². The van der Waals surface area contributed by atoms with E-state index in [0.717, 1.165) is 4.90 Å². The van der Waals surface area contributed by atoms with Gasteiger partial charge in [-0.25, -0.2) is 14.1 Å². The van der Waals surface area contributed by atoms with Crippen molar-refractivity contribution >= 4 is 40.7 Å². The number of nitrogens with one attached hydrogen (secondary N) is 1. The van der Waals surface area contributed by atoms with Crippen LogP contribution in [0, 0.1) is 17.7 Å². The number of imide groups is 1. The molecule has 11 heteroatoms. The van der Waals surface area contributed by atoms with Crippen LogP contribution in [0.3, 0.4) is 0 Å². The Morgan fingerprint density at radius 2 is 1.89 bits per heavy atom. The zero-order valence-electron chi connectivity index (χ0n) is 20.9. The fourth-order valence-electron chi connectivity index (χ4n) is 3.75. The number of likely N-dealkylation sites (tertiary alicyclic amines) is 1. The monoisotopic (exact) mass is 512 g/mol. The smallest absolute Gasteiger partial charge is 0.417 e. The Morgan fingerprint density at radius 1 is 1.23 bits per heavy atom. The minimum absolute atomic E-state index is 0.115. The summed E-state index contributed by atoms with van der Waals surface area (Å²) in [7, 11) is 4.32. The molecule has 2 atom stereocenters. The second-order valence-electron chi connectivity index (χ2n) is 9.10. The van der Waals surface area contributed by atoms with Gasteiger partial charge in [-0.3, -0.25) is 9.59 Å². The van der Waals surface area contributed by atoms with E-state index < -0.39 is 47.3 Å². The SMILES string of the molecule is COc1c(F)cccc1NC(=S)C1C(=O)C(CCCC(OC)OC)CN(C(=O)OC(C)(C)C)C1=O. The third-order valence-electron chi connectivity index (χ3n) is 5.43. The number of halogens is 1. The number of piperidine rings is 1. The highest BCUT2D eigenvalue weighted by atomic mass is 32.1. The number of ether oxygens (including phenoxy) is 4. The highest BCUT2D eigenvalue weighted by molar-refractivity contribution is 7.80. The van der Waals surface area contributed by atoms with Crippen molar-refractivity contribution in [2.45, 2.75) is 51.9 Å². The van der Waals surface area contributed by atoms with Gasteiger partial charge in [0.15, 0.2) is 23.6 Å². The van der Waals surface area contributed by atoms with Crippen LogP contribution in [0.5, 0.6) is 5.75 Å². The summed E-state index contributed by atoms with van der Waals surface area (Å²) in [5, 5.41) is 2.76. The number of carbonyl (C=O) groups excluding carboxylic acids is 3. The molecule has 194 valence electrons. The summed E-state index contributed by atoms with van der Waals surface area (Å²) in [6.07, 6.45) is 0.144. The largest absolute Gasteiger partial charge is 0.492 e. The number of Topliss-reactive ketones (excluding diaryl/α,β-unsaturated/α-hetero) is 1. The molecule has 1 N–H and O–H groups in total. The van der Waals surface area contributed by atoms with Gasteiger partial charge in [0.25, 0.3) is 0 Å². The normalized spacial score (nSPS) is 18.6. The number of hydrogen-bond donors (Lipinski definition) is 1. The molecule has 0 radical (unpaired) electrons.